The van der Waals surface area contributed by atoms with Gasteiger partial charge >= 0.3 is 0 Å². The number of unbranched alkanes of at least 4 members (excludes halogenated alkanes) is 1. The van der Waals surface area contributed by atoms with Crippen LogP contribution in [0.1, 0.15) is 33.1 Å². The van der Waals surface area contributed by atoms with Crippen molar-refractivity contribution < 1.29 is 9.47 Å². The Kier molecular flexibility index (Phi) is 6.65. The molecule has 92 valence electrons. The van der Waals surface area contributed by atoms with Gasteiger partial charge in [0.05, 0.1) is 19.0 Å². The summed E-state index contributed by atoms with van der Waals surface area (Å²) < 4.78 is 12.8. The van der Waals surface area contributed by atoms with E-state index in [-0.39, 0.29) is 0 Å². The lowest BCUT2D eigenvalue weighted by molar-refractivity contribution is 0.0980. The van der Waals surface area contributed by atoms with Gasteiger partial charge in [-0.1, -0.05) is 20.3 Å². The van der Waals surface area contributed by atoms with Gasteiger partial charge in [-0.2, -0.15) is 5.10 Å². The third-order valence-corrected chi connectivity index (χ3v) is 2.20. The summed E-state index contributed by atoms with van der Waals surface area (Å²) in [5, 5.41) is 4.19. The molecule has 0 saturated carbocycles. The van der Waals surface area contributed by atoms with Crippen molar-refractivity contribution in [3.63, 3.8) is 0 Å². The molecule has 1 aromatic heterocycles. The van der Waals surface area contributed by atoms with E-state index in [1.54, 1.807) is 6.20 Å². The standard InChI is InChI=1S/C12H22N2O2/c1-3-5-7-15-8-9-16-12-10-13-14(11-12)6-4-2/h10-11H,3-9H2,1-2H3. The predicted octanol–water partition coefficient (Wildman–Crippen LogP) is 2.49. The highest BCUT2D eigenvalue weighted by Crippen LogP contribution is 2.08. The van der Waals surface area contributed by atoms with Crippen molar-refractivity contribution in [2.24, 2.45) is 0 Å². The van der Waals surface area contributed by atoms with Gasteiger partial charge in [-0.05, 0) is 12.8 Å². The van der Waals surface area contributed by atoms with Crippen LogP contribution in [-0.4, -0.2) is 29.6 Å². The molecule has 0 spiro atoms. The highest BCUT2D eigenvalue weighted by atomic mass is 16.5. The van der Waals surface area contributed by atoms with Crippen molar-refractivity contribution in [3.8, 4) is 5.75 Å². The fourth-order valence-electron chi connectivity index (χ4n) is 1.34. The van der Waals surface area contributed by atoms with E-state index in [2.05, 4.69) is 18.9 Å². The Hall–Kier alpha value is -1.03. The average Bonchev–Trinajstić information content (AvgIpc) is 2.72. The average molecular weight is 226 g/mol. The molecule has 0 atom stereocenters. The van der Waals surface area contributed by atoms with E-state index < -0.39 is 0 Å². The summed E-state index contributed by atoms with van der Waals surface area (Å²) in [4.78, 5) is 0. The predicted molar refractivity (Wildman–Crippen MR) is 63.7 cm³/mol. The first-order valence-electron chi connectivity index (χ1n) is 6.09. The van der Waals surface area contributed by atoms with Crippen LogP contribution < -0.4 is 4.74 Å². The smallest absolute Gasteiger partial charge is 0.157 e. The van der Waals surface area contributed by atoms with Crippen LogP contribution in [-0.2, 0) is 11.3 Å². The number of hydrogen-bond donors (Lipinski definition) is 0. The number of ether oxygens (including phenoxy) is 2. The molecule has 0 N–H and O–H groups in total. The molecule has 0 saturated heterocycles. The van der Waals surface area contributed by atoms with Crippen molar-refractivity contribution in [1.82, 2.24) is 9.78 Å². The van der Waals surface area contributed by atoms with Crippen LogP contribution in [0.15, 0.2) is 12.4 Å². The van der Waals surface area contributed by atoms with Crippen molar-refractivity contribution in [3.05, 3.63) is 12.4 Å². The lowest BCUT2D eigenvalue weighted by Crippen LogP contribution is -2.07. The minimum Gasteiger partial charge on any atom is -0.488 e. The van der Waals surface area contributed by atoms with Gasteiger partial charge in [0, 0.05) is 13.2 Å². The maximum atomic E-state index is 5.50. The van der Waals surface area contributed by atoms with Gasteiger partial charge in [0.1, 0.15) is 6.61 Å². The fourth-order valence-corrected chi connectivity index (χ4v) is 1.34. The molecule has 0 aliphatic carbocycles. The first kappa shape index (κ1) is 13.0. The Morgan fingerprint density at radius 2 is 2.06 bits per heavy atom. The van der Waals surface area contributed by atoms with Crippen LogP contribution in [0, 0.1) is 0 Å². The second-order valence-electron chi connectivity index (χ2n) is 3.75. The molecule has 0 aliphatic heterocycles. The maximum absolute atomic E-state index is 5.50. The third-order valence-electron chi connectivity index (χ3n) is 2.20. The molecule has 0 unspecified atom stereocenters. The summed E-state index contributed by atoms with van der Waals surface area (Å²) in [6.45, 7) is 7.30. The molecule has 0 aliphatic rings. The van der Waals surface area contributed by atoms with E-state index in [1.165, 1.54) is 6.42 Å². The van der Waals surface area contributed by atoms with E-state index in [4.69, 9.17) is 9.47 Å². The topological polar surface area (TPSA) is 36.3 Å². The van der Waals surface area contributed by atoms with Crippen LogP contribution in [0.5, 0.6) is 5.75 Å². The Morgan fingerprint density at radius 1 is 1.19 bits per heavy atom. The van der Waals surface area contributed by atoms with Gasteiger partial charge in [-0.3, -0.25) is 4.68 Å². The van der Waals surface area contributed by atoms with Crippen LogP contribution in [0.4, 0.5) is 0 Å². The Bertz CT molecular complexity index is 274. The molecule has 0 radical (unpaired) electrons. The lowest BCUT2D eigenvalue weighted by Gasteiger charge is -2.04. The number of nitrogens with zero attached hydrogens (tertiary/aromatic N) is 2. The molecule has 16 heavy (non-hydrogen) atoms. The highest BCUT2D eigenvalue weighted by molar-refractivity contribution is 5.11. The number of aromatic nitrogens is 2. The Labute approximate surface area is 97.6 Å². The molecule has 0 bridgehead atoms. The zero-order valence-electron chi connectivity index (χ0n) is 10.3. The van der Waals surface area contributed by atoms with Crippen molar-refractivity contribution in [2.75, 3.05) is 19.8 Å². The maximum Gasteiger partial charge on any atom is 0.157 e. The summed E-state index contributed by atoms with van der Waals surface area (Å²) in [6, 6.07) is 0. The van der Waals surface area contributed by atoms with Crippen molar-refractivity contribution in [2.45, 2.75) is 39.7 Å². The molecular weight excluding hydrogens is 204 g/mol. The van der Waals surface area contributed by atoms with Crippen LogP contribution in [0.2, 0.25) is 0 Å². The molecule has 1 aromatic rings. The zero-order chi connectivity index (χ0) is 11.6. The minimum atomic E-state index is 0.599. The quantitative estimate of drug-likeness (QED) is 0.607. The molecule has 0 fully saturated rings. The molecule has 4 heteroatoms. The monoisotopic (exact) mass is 226 g/mol. The van der Waals surface area contributed by atoms with Crippen LogP contribution in [0.3, 0.4) is 0 Å². The second kappa shape index (κ2) is 8.16. The summed E-state index contributed by atoms with van der Waals surface area (Å²) in [6.07, 6.45) is 7.05. The molecular formula is C12H22N2O2. The summed E-state index contributed by atoms with van der Waals surface area (Å²) in [5.41, 5.74) is 0. The lowest BCUT2D eigenvalue weighted by atomic mass is 10.4. The van der Waals surface area contributed by atoms with E-state index in [1.807, 2.05) is 10.9 Å². The highest BCUT2D eigenvalue weighted by Gasteiger charge is 1.98. The molecule has 1 rings (SSSR count). The molecule has 0 amide bonds. The van der Waals surface area contributed by atoms with Gasteiger partial charge in [-0.25, -0.2) is 0 Å². The summed E-state index contributed by atoms with van der Waals surface area (Å²) in [5.74, 6) is 0.826. The summed E-state index contributed by atoms with van der Waals surface area (Å²) in [7, 11) is 0. The second-order valence-corrected chi connectivity index (χ2v) is 3.75. The first-order valence-corrected chi connectivity index (χ1v) is 6.09. The number of rotatable bonds is 9. The number of aryl methyl sites for hydroxylation is 1. The Balaban J connectivity index is 2.07. The SMILES string of the molecule is CCCCOCCOc1cnn(CCC)c1. The van der Waals surface area contributed by atoms with E-state index in [9.17, 15) is 0 Å². The number of hydrogen-bond acceptors (Lipinski definition) is 3. The van der Waals surface area contributed by atoms with E-state index in [0.29, 0.717) is 13.2 Å². The van der Waals surface area contributed by atoms with Gasteiger partial charge < -0.3 is 9.47 Å². The Morgan fingerprint density at radius 3 is 2.81 bits per heavy atom. The zero-order valence-corrected chi connectivity index (χ0v) is 10.3. The van der Waals surface area contributed by atoms with Gasteiger partial charge in [-0.15, -0.1) is 0 Å². The molecule has 1 heterocycles. The van der Waals surface area contributed by atoms with Crippen LogP contribution in [0.25, 0.3) is 0 Å². The summed E-state index contributed by atoms with van der Waals surface area (Å²) >= 11 is 0. The van der Waals surface area contributed by atoms with Gasteiger partial charge in [0.2, 0.25) is 0 Å². The third kappa shape index (κ3) is 5.16. The van der Waals surface area contributed by atoms with Gasteiger partial charge in [0.15, 0.2) is 5.75 Å². The normalized spacial score (nSPS) is 10.6. The largest absolute Gasteiger partial charge is 0.488 e. The van der Waals surface area contributed by atoms with Gasteiger partial charge in [0.25, 0.3) is 0 Å². The van der Waals surface area contributed by atoms with Crippen LogP contribution >= 0.6 is 0 Å². The molecule has 0 aromatic carbocycles. The van der Waals surface area contributed by atoms with Crippen molar-refractivity contribution in [1.29, 1.82) is 0 Å². The van der Waals surface area contributed by atoms with Crippen molar-refractivity contribution >= 4 is 0 Å². The fraction of sp³-hybridized carbons (Fsp3) is 0.750. The van der Waals surface area contributed by atoms with E-state index >= 15 is 0 Å². The van der Waals surface area contributed by atoms with E-state index in [0.717, 1.165) is 31.7 Å². The molecule has 4 nitrogen and oxygen atoms in total. The minimum absolute atomic E-state index is 0.599. The first-order chi connectivity index (χ1) is 7.86.